The zero-order valence-electron chi connectivity index (χ0n) is 10.5. The Bertz CT molecular complexity index is 505. The molecule has 18 heavy (non-hydrogen) atoms. The van der Waals surface area contributed by atoms with E-state index in [1.165, 1.54) is 7.11 Å². The van der Waals surface area contributed by atoms with Crippen molar-refractivity contribution < 1.29 is 13.2 Å². The maximum atomic E-state index is 12.0. The molecule has 0 fully saturated rings. The molecule has 5 nitrogen and oxygen atoms in total. The van der Waals surface area contributed by atoms with Crippen molar-refractivity contribution in [2.24, 2.45) is 0 Å². The second-order valence-electron chi connectivity index (χ2n) is 3.90. The van der Waals surface area contributed by atoms with Gasteiger partial charge in [-0.05, 0) is 26.1 Å². The third-order valence-electron chi connectivity index (χ3n) is 2.39. The summed E-state index contributed by atoms with van der Waals surface area (Å²) < 4.78 is 32.4. The summed E-state index contributed by atoms with van der Waals surface area (Å²) in [5.41, 5.74) is 0.476. The fourth-order valence-corrected chi connectivity index (χ4v) is 2.91. The van der Waals surface area contributed by atoms with Crippen LogP contribution in [0.15, 0.2) is 22.7 Å². The highest BCUT2D eigenvalue weighted by atomic mass is 79.9. The van der Waals surface area contributed by atoms with Gasteiger partial charge >= 0.3 is 0 Å². The molecule has 1 unspecified atom stereocenters. The molecule has 0 aliphatic rings. The average molecular weight is 337 g/mol. The first-order valence-corrected chi connectivity index (χ1v) is 7.74. The SMILES string of the molecule is CNCC(C)S(=O)(=O)Nc1cc(Br)cc(OC)c1. The fourth-order valence-electron chi connectivity index (χ4n) is 1.40. The molecule has 1 aromatic rings. The summed E-state index contributed by atoms with van der Waals surface area (Å²) in [6, 6.07) is 5.08. The first kappa shape index (κ1) is 15.3. The quantitative estimate of drug-likeness (QED) is 0.831. The number of rotatable bonds is 6. The third kappa shape index (κ3) is 4.15. The topological polar surface area (TPSA) is 67.4 Å². The molecule has 0 aromatic heterocycles. The van der Waals surface area contributed by atoms with Crippen molar-refractivity contribution in [3.63, 3.8) is 0 Å². The van der Waals surface area contributed by atoms with Crippen LogP contribution in [0, 0.1) is 0 Å². The number of hydrogen-bond acceptors (Lipinski definition) is 4. The summed E-state index contributed by atoms with van der Waals surface area (Å²) in [7, 11) is -0.158. The van der Waals surface area contributed by atoms with Gasteiger partial charge in [0.1, 0.15) is 5.75 Å². The van der Waals surface area contributed by atoms with E-state index < -0.39 is 15.3 Å². The lowest BCUT2D eigenvalue weighted by Gasteiger charge is -2.15. The van der Waals surface area contributed by atoms with Crippen molar-refractivity contribution >= 4 is 31.6 Å². The van der Waals surface area contributed by atoms with Crippen LogP contribution in [0.1, 0.15) is 6.92 Å². The predicted molar refractivity (Wildman–Crippen MR) is 76.6 cm³/mol. The maximum Gasteiger partial charge on any atom is 0.236 e. The number of ether oxygens (including phenoxy) is 1. The number of anilines is 1. The monoisotopic (exact) mass is 336 g/mol. The van der Waals surface area contributed by atoms with Crippen LogP contribution in [0.4, 0.5) is 5.69 Å². The van der Waals surface area contributed by atoms with Crippen molar-refractivity contribution in [2.75, 3.05) is 25.4 Å². The number of nitrogens with one attached hydrogen (secondary N) is 2. The van der Waals surface area contributed by atoms with Crippen LogP contribution in [0.3, 0.4) is 0 Å². The minimum atomic E-state index is -3.41. The molecule has 1 rings (SSSR count). The lowest BCUT2D eigenvalue weighted by atomic mass is 10.3. The average Bonchev–Trinajstić information content (AvgIpc) is 2.27. The number of hydrogen-bond donors (Lipinski definition) is 2. The van der Waals surface area contributed by atoms with Gasteiger partial charge < -0.3 is 10.1 Å². The summed E-state index contributed by atoms with van der Waals surface area (Å²) in [5, 5.41) is 2.32. The number of sulfonamides is 1. The second-order valence-corrected chi connectivity index (χ2v) is 6.91. The van der Waals surface area contributed by atoms with Gasteiger partial charge in [-0.25, -0.2) is 8.42 Å². The van der Waals surface area contributed by atoms with E-state index in [4.69, 9.17) is 4.74 Å². The van der Waals surface area contributed by atoms with Gasteiger partial charge in [-0.1, -0.05) is 15.9 Å². The standard InChI is InChI=1S/C11H17BrN2O3S/c1-8(7-13-2)18(15,16)14-10-4-9(12)5-11(6-10)17-3/h4-6,8,13-14H,7H2,1-3H3. The van der Waals surface area contributed by atoms with E-state index in [1.807, 2.05) is 0 Å². The van der Waals surface area contributed by atoms with Crippen molar-refractivity contribution in [1.82, 2.24) is 5.32 Å². The van der Waals surface area contributed by atoms with Crippen molar-refractivity contribution in [3.8, 4) is 5.75 Å². The minimum Gasteiger partial charge on any atom is -0.497 e. The van der Waals surface area contributed by atoms with Crippen LogP contribution in [-0.2, 0) is 10.0 Å². The summed E-state index contributed by atoms with van der Waals surface area (Å²) in [6.07, 6.45) is 0. The molecular formula is C11H17BrN2O3S. The molecule has 0 saturated carbocycles. The summed E-state index contributed by atoms with van der Waals surface area (Å²) in [4.78, 5) is 0. The van der Waals surface area contributed by atoms with Gasteiger partial charge in [-0.15, -0.1) is 0 Å². The van der Waals surface area contributed by atoms with Crippen molar-refractivity contribution in [1.29, 1.82) is 0 Å². The molecule has 0 saturated heterocycles. The van der Waals surface area contributed by atoms with Crippen LogP contribution in [0.5, 0.6) is 5.75 Å². The molecule has 0 spiro atoms. The van der Waals surface area contributed by atoms with Crippen LogP contribution >= 0.6 is 15.9 Å². The van der Waals surface area contributed by atoms with E-state index in [2.05, 4.69) is 26.0 Å². The van der Waals surface area contributed by atoms with E-state index in [9.17, 15) is 8.42 Å². The van der Waals surface area contributed by atoms with E-state index in [0.29, 0.717) is 18.0 Å². The Balaban J connectivity index is 2.93. The predicted octanol–water partition coefficient (Wildman–Crippen LogP) is 1.81. The lowest BCUT2D eigenvalue weighted by molar-refractivity contribution is 0.415. The smallest absolute Gasteiger partial charge is 0.236 e. The molecule has 0 amide bonds. The Hall–Kier alpha value is -0.790. The Morgan fingerprint density at radius 1 is 1.39 bits per heavy atom. The molecule has 0 radical (unpaired) electrons. The zero-order valence-corrected chi connectivity index (χ0v) is 12.9. The number of benzene rings is 1. The largest absolute Gasteiger partial charge is 0.497 e. The lowest BCUT2D eigenvalue weighted by Crippen LogP contribution is -2.33. The van der Waals surface area contributed by atoms with Gasteiger partial charge in [0.05, 0.1) is 18.0 Å². The van der Waals surface area contributed by atoms with Gasteiger partial charge in [-0.2, -0.15) is 0 Å². The Kier molecular flexibility index (Phi) is 5.43. The van der Waals surface area contributed by atoms with Crippen LogP contribution in [0.2, 0.25) is 0 Å². The molecule has 0 aliphatic carbocycles. The van der Waals surface area contributed by atoms with Gasteiger partial charge in [-0.3, -0.25) is 4.72 Å². The molecule has 2 N–H and O–H groups in total. The first-order valence-electron chi connectivity index (χ1n) is 5.40. The summed E-state index contributed by atoms with van der Waals surface area (Å²) >= 11 is 3.30. The third-order valence-corrected chi connectivity index (χ3v) is 4.59. The number of methoxy groups -OCH3 is 1. The van der Waals surface area contributed by atoms with E-state index in [1.54, 1.807) is 32.2 Å². The van der Waals surface area contributed by atoms with Crippen LogP contribution < -0.4 is 14.8 Å². The fraction of sp³-hybridized carbons (Fsp3) is 0.455. The van der Waals surface area contributed by atoms with Gasteiger partial charge in [0.15, 0.2) is 0 Å². The number of halogens is 1. The first-order chi connectivity index (χ1) is 8.39. The highest BCUT2D eigenvalue weighted by Gasteiger charge is 2.20. The van der Waals surface area contributed by atoms with Gasteiger partial charge in [0.25, 0.3) is 0 Å². The Morgan fingerprint density at radius 3 is 2.61 bits per heavy atom. The van der Waals surface area contributed by atoms with Crippen LogP contribution in [0.25, 0.3) is 0 Å². The normalized spacial score (nSPS) is 13.1. The molecule has 102 valence electrons. The summed E-state index contributed by atoms with van der Waals surface area (Å²) in [5.74, 6) is 0.586. The van der Waals surface area contributed by atoms with Crippen molar-refractivity contribution in [2.45, 2.75) is 12.2 Å². The van der Waals surface area contributed by atoms with Gasteiger partial charge in [0.2, 0.25) is 10.0 Å². The van der Waals surface area contributed by atoms with Gasteiger partial charge in [0, 0.05) is 17.1 Å². The highest BCUT2D eigenvalue weighted by Crippen LogP contribution is 2.25. The second kappa shape index (κ2) is 6.40. The zero-order chi connectivity index (χ0) is 13.8. The maximum absolute atomic E-state index is 12.0. The van der Waals surface area contributed by atoms with E-state index in [-0.39, 0.29) is 0 Å². The molecule has 7 heteroatoms. The van der Waals surface area contributed by atoms with Crippen molar-refractivity contribution in [3.05, 3.63) is 22.7 Å². The molecule has 1 aromatic carbocycles. The van der Waals surface area contributed by atoms with E-state index in [0.717, 1.165) is 4.47 Å². The molecule has 0 heterocycles. The minimum absolute atomic E-state index is 0.389. The molecular weight excluding hydrogens is 320 g/mol. The Labute approximate surface area is 116 Å². The Morgan fingerprint density at radius 2 is 2.06 bits per heavy atom. The van der Waals surface area contributed by atoms with E-state index >= 15 is 0 Å². The summed E-state index contributed by atoms with van der Waals surface area (Å²) in [6.45, 7) is 2.04. The van der Waals surface area contributed by atoms with Crippen LogP contribution in [-0.4, -0.2) is 34.4 Å². The highest BCUT2D eigenvalue weighted by molar-refractivity contribution is 9.10. The molecule has 0 aliphatic heterocycles. The molecule has 1 atom stereocenters. The molecule has 0 bridgehead atoms.